The van der Waals surface area contributed by atoms with Crippen molar-refractivity contribution < 1.29 is 62.4 Å². The Morgan fingerprint density at radius 2 is 1.22 bits per heavy atom. The Morgan fingerprint density at radius 3 is 1.70 bits per heavy atom. The zero-order chi connectivity index (χ0) is 58.1. The SMILES string of the molecule is CC(F)(F)F.CCC(C(=O)Nc1ccccc1N)C1[C@H]2CC(Oc3ccnc4ccc(F)cc34)C[C@@H]12.CCC(c1nc2ccc(C(F)(F)F)cc2[nH]1)C1[C@H]2CC(Oc3ccnc4ccc(F)cc34)C[C@@H]12.Cc1ccc(S(=O)(=O)O)cc1. The van der Waals surface area contributed by atoms with Crippen LogP contribution in [0.4, 0.5) is 46.5 Å². The summed E-state index contributed by atoms with van der Waals surface area (Å²) in [4.78, 5) is 29.2. The molecule has 0 radical (unpaired) electrons. The zero-order valence-corrected chi connectivity index (χ0v) is 45.3. The lowest BCUT2D eigenvalue weighted by atomic mass is 9.93. The standard InChI is InChI=1S/C26H23F4N3O.C25H26FN3O2.C7H8O3S.C2H3F3/c1-2-16(25-32-21-5-3-13(26(28,29)30)9-22(21)33-25)24-17-11-15(12-18(17)24)34-23-7-8-31-20-6-4-14(27)10-19(20)23;1-2-16(25(30)29-22-6-4-3-5-20(22)27)24-17-12-15(13-18(17)24)31-23-9-10-28-21-8-7-14(26)11-19(21)23;1-6-2-4-7(5-3-6)11(8,9)10;1-2(3,4)5/h3-10,15-18,24H,2,11-12H2,1H3,(H,32,33);3-11,15-18,24H,2,12-13,27H2,1H3,(H,29,30);2-5H,1H3,(H,8,9,10);1H3/t2*15?,16?,17-,18+,24?;;. The van der Waals surface area contributed by atoms with E-state index in [-0.39, 0.29) is 53.4 Å². The first kappa shape index (κ1) is 58.3. The maximum atomic E-state index is 13.7. The van der Waals surface area contributed by atoms with Crippen LogP contribution in [0.2, 0.25) is 0 Å². The molecule has 6 unspecified atom stereocenters. The second-order valence-electron chi connectivity index (χ2n) is 21.2. The topological polar surface area (TPSA) is 182 Å². The van der Waals surface area contributed by atoms with Gasteiger partial charge in [-0.15, -0.1) is 0 Å². The summed E-state index contributed by atoms with van der Waals surface area (Å²) in [5.41, 5.74) is 9.92. The van der Waals surface area contributed by atoms with Gasteiger partial charge in [-0.05, 0) is 172 Å². The van der Waals surface area contributed by atoms with E-state index >= 15 is 0 Å². The molecule has 10 atom stereocenters. The van der Waals surface area contributed by atoms with Crippen molar-refractivity contribution in [3.8, 4) is 11.5 Å². The highest BCUT2D eigenvalue weighted by atomic mass is 32.2. The third kappa shape index (κ3) is 14.0. The number of nitrogens with two attached hydrogens (primary N) is 1. The van der Waals surface area contributed by atoms with Gasteiger partial charge in [-0.3, -0.25) is 19.3 Å². The fraction of sp³-hybridized carbons (Fsp3) is 0.367. The van der Waals surface area contributed by atoms with Crippen LogP contribution in [0.3, 0.4) is 0 Å². The van der Waals surface area contributed by atoms with Crippen LogP contribution in [-0.4, -0.2) is 57.2 Å². The molecule has 0 bridgehead atoms. The molecule has 4 fully saturated rings. The molecule has 3 heterocycles. The molecule has 5 aromatic carbocycles. The number of halogens is 8. The average Bonchev–Trinajstić information content (AvgIpc) is 4.13. The number of nitrogens with one attached hydrogen (secondary N) is 2. The summed E-state index contributed by atoms with van der Waals surface area (Å²) >= 11 is 0. The van der Waals surface area contributed by atoms with Crippen LogP contribution in [0, 0.1) is 60.0 Å². The molecule has 81 heavy (non-hydrogen) atoms. The van der Waals surface area contributed by atoms with Crippen molar-refractivity contribution in [2.24, 2.45) is 41.4 Å². The maximum Gasteiger partial charge on any atom is 0.416 e. The number of H-pyrrole nitrogens is 1. The Kier molecular flexibility index (Phi) is 17.0. The van der Waals surface area contributed by atoms with Gasteiger partial charge < -0.3 is 25.5 Å². The van der Waals surface area contributed by atoms with Crippen LogP contribution < -0.4 is 20.5 Å². The highest BCUT2D eigenvalue weighted by Crippen LogP contribution is 2.64. The number of nitrogen functional groups attached to an aromatic ring is 1. The van der Waals surface area contributed by atoms with Gasteiger partial charge in [0.25, 0.3) is 10.1 Å². The smallest absolute Gasteiger partial charge is 0.416 e. The minimum absolute atomic E-state index is 0.0218. The Hall–Kier alpha value is -7.39. The number of ether oxygens (including phenoxy) is 2. The van der Waals surface area contributed by atoms with Gasteiger partial charge in [-0.2, -0.15) is 34.8 Å². The molecule has 4 saturated carbocycles. The lowest BCUT2D eigenvalue weighted by Gasteiger charge is -2.21. The maximum absolute atomic E-state index is 13.7. The molecule has 12 rings (SSSR count). The second-order valence-corrected chi connectivity index (χ2v) is 22.6. The number of fused-ring (bicyclic) bond motifs is 5. The fourth-order valence-electron chi connectivity index (χ4n) is 12.0. The summed E-state index contributed by atoms with van der Waals surface area (Å²) in [5.74, 6) is 4.51. The van der Waals surface area contributed by atoms with Crippen LogP contribution in [0.25, 0.3) is 32.8 Å². The quantitative estimate of drug-likeness (QED) is 0.0522. The number of alkyl halides is 6. The van der Waals surface area contributed by atoms with E-state index in [0.717, 1.165) is 67.6 Å². The highest BCUT2D eigenvalue weighted by Gasteiger charge is 2.61. The van der Waals surface area contributed by atoms with Crippen LogP contribution in [0.1, 0.15) is 82.2 Å². The number of carbonyl (C=O) groups is 1. The fourth-order valence-corrected chi connectivity index (χ4v) is 12.5. The first-order chi connectivity index (χ1) is 38.4. The third-order valence-corrected chi connectivity index (χ3v) is 16.6. The van der Waals surface area contributed by atoms with Gasteiger partial charge in [0, 0.05) is 41.9 Å². The average molecular weight is 1150 g/mol. The van der Waals surface area contributed by atoms with Gasteiger partial charge in [-0.25, -0.2) is 13.8 Å². The molecule has 0 spiro atoms. The third-order valence-electron chi connectivity index (χ3n) is 15.7. The number of aryl methyl sites for hydroxylation is 1. The van der Waals surface area contributed by atoms with Crippen molar-refractivity contribution >= 4 is 60.2 Å². The number of benzene rings is 5. The Balaban J connectivity index is 0.000000155. The van der Waals surface area contributed by atoms with Gasteiger partial charge in [0.15, 0.2) is 0 Å². The Bertz CT molecular complexity index is 3630. The van der Waals surface area contributed by atoms with E-state index in [1.54, 1.807) is 54.9 Å². The molecule has 12 nitrogen and oxygen atoms in total. The lowest BCUT2D eigenvalue weighted by Crippen LogP contribution is -2.27. The van der Waals surface area contributed by atoms with Crippen LogP contribution in [0.5, 0.6) is 11.5 Å². The molecule has 0 saturated heterocycles. The number of hydrogen-bond donors (Lipinski definition) is 4. The number of carbonyl (C=O) groups excluding carboxylic acids is 1. The van der Waals surface area contributed by atoms with Crippen molar-refractivity contribution in [1.29, 1.82) is 0 Å². The lowest BCUT2D eigenvalue weighted by molar-refractivity contribution is -0.137. The number of aromatic amines is 1. The monoisotopic (exact) mass is 1140 g/mol. The molecule has 3 aromatic heterocycles. The van der Waals surface area contributed by atoms with E-state index < -0.39 is 28.0 Å². The van der Waals surface area contributed by atoms with Crippen LogP contribution >= 0.6 is 0 Å². The number of pyridine rings is 2. The number of nitrogens with zero attached hydrogens (tertiary/aromatic N) is 3. The van der Waals surface area contributed by atoms with Crippen molar-refractivity contribution in [3.05, 3.63) is 156 Å². The molecule has 8 aromatic rings. The number of hydrogen-bond acceptors (Lipinski definition) is 9. The number of aromatic nitrogens is 4. The molecule has 21 heteroatoms. The van der Waals surface area contributed by atoms with E-state index in [2.05, 4.69) is 39.1 Å². The normalized spacial score (nSPS) is 22.4. The van der Waals surface area contributed by atoms with E-state index in [4.69, 9.17) is 19.8 Å². The van der Waals surface area contributed by atoms with Crippen molar-refractivity contribution in [3.63, 3.8) is 0 Å². The predicted molar refractivity (Wildman–Crippen MR) is 292 cm³/mol. The summed E-state index contributed by atoms with van der Waals surface area (Å²) < 4.78 is 140. The van der Waals surface area contributed by atoms with E-state index in [0.29, 0.717) is 85.7 Å². The van der Waals surface area contributed by atoms with Gasteiger partial charge >= 0.3 is 12.4 Å². The molecule has 1 amide bonds. The largest absolute Gasteiger partial charge is 0.490 e. The molecule has 4 aliphatic rings. The van der Waals surface area contributed by atoms with Gasteiger partial charge in [-0.1, -0.05) is 43.7 Å². The molecular weight excluding hydrogens is 1080 g/mol. The zero-order valence-electron chi connectivity index (χ0n) is 44.5. The minimum Gasteiger partial charge on any atom is -0.490 e. The molecule has 0 aliphatic heterocycles. The second kappa shape index (κ2) is 23.6. The van der Waals surface area contributed by atoms with Crippen LogP contribution in [0.15, 0.2) is 133 Å². The van der Waals surface area contributed by atoms with Gasteiger partial charge in [0.05, 0.1) is 56.1 Å². The van der Waals surface area contributed by atoms with Crippen LogP contribution in [-0.2, 0) is 21.1 Å². The number of amides is 1. The summed E-state index contributed by atoms with van der Waals surface area (Å²) in [7, 11) is -4.02. The molecular formula is C60H60F8N6O6S. The van der Waals surface area contributed by atoms with E-state index in [1.165, 1.54) is 42.5 Å². The first-order valence-electron chi connectivity index (χ1n) is 26.6. The summed E-state index contributed by atoms with van der Waals surface area (Å²) in [6, 6.07) is 29.6. The molecule has 5 N–H and O–H groups in total. The van der Waals surface area contributed by atoms with E-state index in [9.17, 15) is 48.3 Å². The minimum atomic E-state index is -4.38. The van der Waals surface area contributed by atoms with Crippen molar-refractivity contribution in [1.82, 2.24) is 19.9 Å². The number of rotatable bonds is 12. The Morgan fingerprint density at radius 1 is 0.716 bits per heavy atom. The summed E-state index contributed by atoms with van der Waals surface area (Å²) in [5, 5.41) is 4.38. The molecule has 4 aliphatic carbocycles. The summed E-state index contributed by atoms with van der Waals surface area (Å²) in [6.45, 7) is 6.19. The van der Waals surface area contributed by atoms with Crippen molar-refractivity contribution in [2.75, 3.05) is 11.1 Å². The highest BCUT2D eigenvalue weighted by molar-refractivity contribution is 7.85. The van der Waals surface area contributed by atoms with Gasteiger partial charge in [0.1, 0.15) is 29.0 Å². The predicted octanol–water partition coefficient (Wildman–Crippen LogP) is 14.7. The Labute approximate surface area is 462 Å². The summed E-state index contributed by atoms with van der Waals surface area (Å²) in [6.07, 6.45) is 0.461. The number of para-hydroxylation sites is 2. The van der Waals surface area contributed by atoms with Crippen molar-refractivity contribution in [2.45, 2.75) is 102 Å². The molecule has 428 valence electrons. The van der Waals surface area contributed by atoms with E-state index in [1.807, 2.05) is 25.1 Å². The number of anilines is 2. The number of imidazole rings is 1. The first-order valence-corrected chi connectivity index (χ1v) is 28.1. The van der Waals surface area contributed by atoms with Gasteiger partial charge in [0.2, 0.25) is 5.91 Å².